The molecule has 72 valence electrons. The third-order valence-electron chi connectivity index (χ3n) is 1.76. The Balaban J connectivity index is 2.52. The van der Waals surface area contributed by atoms with Crippen LogP contribution in [0.5, 0.6) is 0 Å². The van der Waals surface area contributed by atoms with Gasteiger partial charge >= 0.3 is 0 Å². The van der Waals surface area contributed by atoms with Crippen LogP contribution in [0.2, 0.25) is 5.28 Å². The Kier molecular flexibility index (Phi) is 2.48. The second-order valence-corrected chi connectivity index (χ2v) is 3.94. The topological polar surface area (TPSA) is 25.8 Å². The minimum Gasteiger partial charge on any atom is -0.206 e. The molecule has 0 radical (unpaired) electrons. The van der Waals surface area contributed by atoms with Crippen molar-refractivity contribution in [3.05, 3.63) is 34.9 Å². The predicted octanol–water partition coefficient (Wildman–Crippen LogP) is 3.31. The molecule has 2 aromatic rings. The highest BCUT2D eigenvalue weighted by molar-refractivity contribution is 7.09. The third kappa shape index (κ3) is 1.76. The first-order chi connectivity index (χ1) is 6.66. The van der Waals surface area contributed by atoms with Gasteiger partial charge in [0.15, 0.2) is 0 Å². The molecular formula is C9H6ClFN2S. The average molecular weight is 229 g/mol. The van der Waals surface area contributed by atoms with Crippen molar-refractivity contribution in [2.45, 2.75) is 6.92 Å². The molecule has 1 aromatic heterocycles. The highest BCUT2D eigenvalue weighted by Crippen LogP contribution is 2.26. The quantitative estimate of drug-likeness (QED) is 0.749. The van der Waals surface area contributed by atoms with Crippen molar-refractivity contribution in [3.8, 4) is 10.6 Å². The number of aryl methyl sites for hydroxylation is 1. The Morgan fingerprint density at radius 1 is 1.43 bits per heavy atom. The lowest BCUT2D eigenvalue weighted by atomic mass is 10.1. The molecule has 2 nitrogen and oxygen atoms in total. The Hall–Kier alpha value is -1.00. The first kappa shape index (κ1) is 9.55. The molecule has 1 heterocycles. The molecule has 0 aliphatic heterocycles. The summed E-state index contributed by atoms with van der Waals surface area (Å²) in [6.07, 6.45) is 0. The molecule has 0 aliphatic carbocycles. The van der Waals surface area contributed by atoms with Crippen molar-refractivity contribution in [2.75, 3.05) is 0 Å². The molecule has 0 amide bonds. The summed E-state index contributed by atoms with van der Waals surface area (Å²) >= 11 is 6.65. The van der Waals surface area contributed by atoms with Crippen LogP contribution in [0.4, 0.5) is 4.39 Å². The largest absolute Gasteiger partial charge is 0.234 e. The fourth-order valence-electron chi connectivity index (χ4n) is 1.11. The van der Waals surface area contributed by atoms with Crippen LogP contribution in [0.25, 0.3) is 10.6 Å². The maximum Gasteiger partial charge on any atom is 0.234 e. The molecule has 5 heteroatoms. The van der Waals surface area contributed by atoms with E-state index in [9.17, 15) is 4.39 Å². The average Bonchev–Trinajstić information content (AvgIpc) is 2.51. The van der Waals surface area contributed by atoms with E-state index in [1.807, 2.05) is 13.0 Å². The first-order valence-electron chi connectivity index (χ1n) is 3.92. The summed E-state index contributed by atoms with van der Waals surface area (Å²) in [5, 5.41) is 0.664. The number of aromatic nitrogens is 2. The van der Waals surface area contributed by atoms with E-state index in [0.29, 0.717) is 10.6 Å². The number of benzene rings is 1. The summed E-state index contributed by atoms with van der Waals surface area (Å²) in [4.78, 5) is 3.90. The number of nitrogens with zero attached hydrogens (tertiary/aromatic N) is 2. The van der Waals surface area contributed by atoms with E-state index in [1.54, 1.807) is 6.07 Å². The van der Waals surface area contributed by atoms with Crippen LogP contribution >= 0.6 is 23.1 Å². The molecule has 2 rings (SSSR count). The summed E-state index contributed by atoms with van der Waals surface area (Å²) in [5.41, 5.74) is 1.32. The fraction of sp³-hybridized carbons (Fsp3) is 0.111. The summed E-state index contributed by atoms with van der Waals surface area (Å²) in [6, 6.07) is 4.97. The Morgan fingerprint density at radius 3 is 2.79 bits per heavy atom. The maximum atomic E-state index is 13.4. The molecule has 0 unspecified atom stereocenters. The van der Waals surface area contributed by atoms with Crippen LogP contribution < -0.4 is 0 Å². The Labute approximate surface area is 89.5 Å². The second-order valence-electron chi connectivity index (χ2n) is 2.85. The van der Waals surface area contributed by atoms with Gasteiger partial charge in [0.25, 0.3) is 0 Å². The maximum absolute atomic E-state index is 13.4. The van der Waals surface area contributed by atoms with Crippen LogP contribution in [0, 0.1) is 12.7 Å². The van der Waals surface area contributed by atoms with E-state index in [4.69, 9.17) is 11.6 Å². The molecule has 0 saturated heterocycles. The van der Waals surface area contributed by atoms with Gasteiger partial charge in [0, 0.05) is 5.56 Å². The van der Waals surface area contributed by atoms with Gasteiger partial charge in [-0.05, 0) is 47.8 Å². The zero-order valence-corrected chi connectivity index (χ0v) is 8.86. The molecule has 0 fully saturated rings. The molecule has 0 saturated carbocycles. The molecule has 0 aliphatic rings. The standard InChI is InChI=1S/C9H6ClFN2S/c1-5-2-3-6(7(11)4-5)8-12-9(10)13-14-8/h2-4H,1H3. The molecule has 0 N–H and O–H groups in total. The van der Waals surface area contributed by atoms with Crippen LogP contribution in [0.15, 0.2) is 18.2 Å². The van der Waals surface area contributed by atoms with Gasteiger partial charge in [0.05, 0.1) is 0 Å². The van der Waals surface area contributed by atoms with E-state index >= 15 is 0 Å². The summed E-state index contributed by atoms with van der Waals surface area (Å²) in [5.74, 6) is -0.294. The van der Waals surface area contributed by atoms with Gasteiger partial charge < -0.3 is 0 Å². The van der Waals surface area contributed by atoms with Crippen LogP contribution in [0.3, 0.4) is 0 Å². The number of hydrogen-bond donors (Lipinski definition) is 0. The van der Waals surface area contributed by atoms with Crippen molar-refractivity contribution >= 4 is 23.1 Å². The van der Waals surface area contributed by atoms with E-state index < -0.39 is 0 Å². The normalized spacial score (nSPS) is 10.5. The highest BCUT2D eigenvalue weighted by Gasteiger charge is 2.09. The van der Waals surface area contributed by atoms with Gasteiger partial charge in [-0.15, -0.1) is 0 Å². The SMILES string of the molecule is Cc1ccc(-c2nc(Cl)ns2)c(F)c1. The highest BCUT2D eigenvalue weighted by atomic mass is 35.5. The molecule has 14 heavy (non-hydrogen) atoms. The van der Waals surface area contributed by atoms with Gasteiger partial charge in [-0.1, -0.05) is 6.07 Å². The van der Waals surface area contributed by atoms with E-state index in [-0.39, 0.29) is 11.1 Å². The number of halogens is 2. The molecule has 1 aromatic carbocycles. The minimum absolute atomic E-state index is 0.157. The first-order valence-corrected chi connectivity index (χ1v) is 5.07. The van der Waals surface area contributed by atoms with Gasteiger partial charge in [0.2, 0.25) is 5.28 Å². The number of rotatable bonds is 1. The smallest absolute Gasteiger partial charge is 0.206 e. The second kappa shape index (κ2) is 3.63. The van der Waals surface area contributed by atoms with Crippen molar-refractivity contribution < 1.29 is 4.39 Å². The molecule has 0 atom stereocenters. The van der Waals surface area contributed by atoms with Crippen LogP contribution in [-0.4, -0.2) is 9.36 Å². The zero-order chi connectivity index (χ0) is 10.1. The molecule has 0 bridgehead atoms. The molecule has 0 spiro atoms. The van der Waals surface area contributed by atoms with E-state index in [2.05, 4.69) is 9.36 Å². The predicted molar refractivity (Wildman–Crippen MR) is 55.1 cm³/mol. The summed E-state index contributed by atoms with van der Waals surface area (Å²) in [6.45, 7) is 1.83. The summed E-state index contributed by atoms with van der Waals surface area (Å²) in [7, 11) is 0. The molecular weight excluding hydrogens is 223 g/mol. The third-order valence-corrected chi connectivity index (χ3v) is 2.77. The Bertz CT molecular complexity index is 470. The van der Waals surface area contributed by atoms with E-state index in [1.165, 1.54) is 6.07 Å². The van der Waals surface area contributed by atoms with Gasteiger partial charge in [-0.2, -0.15) is 4.37 Å². The lowest BCUT2D eigenvalue weighted by molar-refractivity contribution is 0.630. The lowest BCUT2D eigenvalue weighted by Crippen LogP contribution is -1.84. The fourth-order valence-corrected chi connectivity index (χ4v) is 1.94. The van der Waals surface area contributed by atoms with Crippen molar-refractivity contribution in [2.24, 2.45) is 0 Å². The van der Waals surface area contributed by atoms with Crippen LogP contribution in [-0.2, 0) is 0 Å². The van der Waals surface area contributed by atoms with E-state index in [0.717, 1.165) is 17.1 Å². The summed E-state index contributed by atoms with van der Waals surface area (Å²) < 4.78 is 17.2. The monoisotopic (exact) mass is 228 g/mol. The number of hydrogen-bond acceptors (Lipinski definition) is 3. The van der Waals surface area contributed by atoms with Crippen molar-refractivity contribution in [1.82, 2.24) is 9.36 Å². The Morgan fingerprint density at radius 2 is 2.21 bits per heavy atom. The van der Waals surface area contributed by atoms with Crippen molar-refractivity contribution in [3.63, 3.8) is 0 Å². The van der Waals surface area contributed by atoms with Gasteiger partial charge in [-0.25, -0.2) is 9.37 Å². The minimum atomic E-state index is -0.294. The van der Waals surface area contributed by atoms with Gasteiger partial charge in [-0.3, -0.25) is 0 Å². The van der Waals surface area contributed by atoms with Gasteiger partial charge in [0.1, 0.15) is 10.8 Å². The zero-order valence-electron chi connectivity index (χ0n) is 7.29. The lowest BCUT2D eigenvalue weighted by Gasteiger charge is -1.98. The van der Waals surface area contributed by atoms with Crippen LogP contribution in [0.1, 0.15) is 5.56 Å². The van der Waals surface area contributed by atoms with Crippen molar-refractivity contribution in [1.29, 1.82) is 0 Å².